The highest BCUT2D eigenvalue weighted by atomic mass is 16.7. The molecule has 2 atom stereocenters. The third-order valence-electron chi connectivity index (χ3n) is 5.53. The molecule has 0 aliphatic carbocycles. The molecule has 154 valence electrons. The maximum absolute atomic E-state index is 10.5. The lowest BCUT2D eigenvalue weighted by Gasteiger charge is -2.32. The van der Waals surface area contributed by atoms with Gasteiger partial charge in [-0.1, -0.05) is 84.0 Å². The van der Waals surface area contributed by atoms with Gasteiger partial charge < -0.3 is 14.6 Å². The number of carboxylic acid groups (broad SMARTS) is 1. The minimum absolute atomic E-state index is 0.321. The van der Waals surface area contributed by atoms with Crippen molar-refractivity contribution in [2.24, 2.45) is 5.92 Å². The molecule has 0 amide bonds. The van der Waals surface area contributed by atoms with Gasteiger partial charge in [-0.3, -0.25) is 4.79 Å². The van der Waals surface area contributed by atoms with Crippen LogP contribution in [-0.2, 0) is 14.3 Å². The van der Waals surface area contributed by atoms with Crippen LogP contribution in [0.5, 0.6) is 0 Å². The van der Waals surface area contributed by atoms with Gasteiger partial charge in [0.1, 0.15) is 6.79 Å². The van der Waals surface area contributed by atoms with Crippen molar-refractivity contribution in [1.29, 1.82) is 0 Å². The van der Waals surface area contributed by atoms with E-state index in [0.29, 0.717) is 25.2 Å². The topological polar surface area (TPSA) is 55.8 Å². The molecular formula is C22H42O4. The van der Waals surface area contributed by atoms with E-state index in [0.717, 1.165) is 19.4 Å². The van der Waals surface area contributed by atoms with Crippen molar-refractivity contribution in [3.05, 3.63) is 0 Å². The van der Waals surface area contributed by atoms with Crippen molar-refractivity contribution in [2.45, 2.75) is 116 Å². The fourth-order valence-corrected chi connectivity index (χ4v) is 3.86. The van der Waals surface area contributed by atoms with Crippen LogP contribution < -0.4 is 0 Å². The predicted octanol–water partition coefficient (Wildman–Crippen LogP) is 6.32. The van der Waals surface area contributed by atoms with Crippen LogP contribution >= 0.6 is 0 Å². The molecule has 0 bridgehead atoms. The summed E-state index contributed by atoms with van der Waals surface area (Å²) in [6.45, 7) is 3.61. The average Bonchev–Trinajstić information content (AvgIpc) is 2.64. The molecule has 0 aromatic heterocycles. The van der Waals surface area contributed by atoms with E-state index in [1.807, 2.05) is 0 Å². The Morgan fingerprint density at radius 2 is 1.42 bits per heavy atom. The first-order valence-corrected chi connectivity index (χ1v) is 11.1. The van der Waals surface area contributed by atoms with Crippen molar-refractivity contribution in [3.8, 4) is 0 Å². The highest BCUT2D eigenvalue weighted by Gasteiger charge is 2.25. The Balaban J connectivity index is 1.99. The van der Waals surface area contributed by atoms with Gasteiger partial charge in [-0.2, -0.15) is 0 Å². The molecule has 0 aromatic rings. The third kappa shape index (κ3) is 12.7. The number of ether oxygens (including phenoxy) is 2. The van der Waals surface area contributed by atoms with E-state index in [2.05, 4.69) is 6.92 Å². The minimum atomic E-state index is -0.669. The predicted molar refractivity (Wildman–Crippen MR) is 106 cm³/mol. The molecule has 1 saturated heterocycles. The van der Waals surface area contributed by atoms with Crippen molar-refractivity contribution < 1.29 is 19.4 Å². The van der Waals surface area contributed by atoms with Crippen LogP contribution in [0, 0.1) is 5.92 Å². The molecule has 1 N–H and O–H groups in total. The van der Waals surface area contributed by atoms with E-state index in [-0.39, 0.29) is 0 Å². The van der Waals surface area contributed by atoms with Crippen LogP contribution in [0.2, 0.25) is 0 Å². The number of aliphatic carboxylic acids is 1. The van der Waals surface area contributed by atoms with Gasteiger partial charge in [0.15, 0.2) is 0 Å². The fraction of sp³-hybridized carbons (Fsp3) is 0.955. The van der Waals surface area contributed by atoms with E-state index in [1.165, 1.54) is 83.5 Å². The van der Waals surface area contributed by atoms with Crippen LogP contribution in [0.25, 0.3) is 0 Å². The zero-order chi connectivity index (χ0) is 18.9. The molecule has 2 unspecified atom stereocenters. The molecule has 1 heterocycles. The molecule has 4 nitrogen and oxygen atoms in total. The van der Waals surface area contributed by atoms with Crippen LogP contribution in [0.3, 0.4) is 0 Å². The summed E-state index contributed by atoms with van der Waals surface area (Å²) in [4.78, 5) is 10.5. The molecule has 0 saturated carbocycles. The minimum Gasteiger partial charge on any atom is -0.481 e. The molecule has 0 aromatic carbocycles. The Morgan fingerprint density at radius 3 is 2.08 bits per heavy atom. The van der Waals surface area contributed by atoms with Gasteiger partial charge in [0.2, 0.25) is 0 Å². The average molecular weight is 371 g/mol. The second-order valence-corrected chi connectivity index (χ2v) is 7.92. The van der Waals surface area contributed by atoms with Gasteiger partial charge in [0.05, 0.1) is 12.7 Å². The first-order valence-electron chi connectivity index (χ1n) is 11.1. The monoisotopic (exact) mass is 370 g/mol. The summed E-state index contributed by atoms with van der Waals surface area (Å²) in [6.07, 6.45) is 19.3. The maximum atomic E-state index is 10.5. The second kappa shape index (κ2) is 16.6. The Bertz CT molecular complexity index is 332. The summed E-state index contributed by atoms with van der Waals surface area (Å²) in [5, 5.41) is 8.61. The lowest BCUT2D eigenvalue weighted by atomic mass is 9.91. The Hall–Kier alpha value is -0.610. The van der Waals surface area contributed by atoms with Crippen molar-refractivity contribution in [1.82, 2.24) is 0 Å². The number of carboxylic acids is 1. The first kappa shape index (κ1) is 23.4. The van der Waals surface area contributed by atoms with Gasteiger partial charge >= 0.3 is 5.97 Å². The number of rotatable bonds is 17. The summed E-state index contributed by atoms with van der Waals surface area (Å²) in [5.74, 6) is -0.0904. The Morgan fingerprint density at radius 1 is 0.846 bits per heavy atom. The smallest absolute Gasteiger partial charge is 0.303 e. The zero-order valence-electron chi connectivity index (χ0n) is 17.1. The summed E-state index contributed by atoms with van der Waals surface area (Å²) in [7, 11) is 0. The second-order valence-electron chi connectivity index (χ2n) is 7.92. The summed E-state index contributed by atoms with van der Waals surface area (Å²) < 4.78 is 11.4. The van der Waals surface area contributed by atoms with E-state index in [1.54, 1.807) is 0 Å². The normalized spacial score (nSPS) is 20.3. The standard InChI is InChI=1S/C22H42O4/c1-2-3-4-5-10-13-16-21-20(18-25-19-26-21)15-12-9-7-6-8-11-14-17-22(23)24/h20-21H,2-19H2,1H3,(H,23,24). The van der Waals surface area contributed by atoms with Gasteiger partial charge in [0, 0.05) is 12.3 Å². The fourth-order valence-electron chi connectivity index (χ4n) is 3.86. The highest BCUT2D eigenvalue weighted by Crippen LogP contribution is 2.25. The lowest BCUT2D eigenvalue weighted by molar-refractivity contribution is -0.173. The Kier molecular flexibility index (Phi) is 14.9. The number of carbonyl (C=O) groups is 1. The zero-order valence-corrected chi connectivity index (χ0v) is 17.1. The maximum Gasteiger partial charge on any atom is 0.303 e. The van der Waals surface area contributed by atoms with Gasteiger partial charge in [-0.25, -0.2) is 0 Å². The molecule has 0 radical (unpaired) electrons. The molecule has 0 spiro atoms. The number of hydrogen-bond donors (Lipinski definition) is 1. The van der Waals surface area contributed by atoms with Crippen LogP contribution in [-0.4, -0.2) is 30.6 Å². The van der Waals surface area contributed by atoms with E-state index < -0.39 is 5.97 Å². The molecule has 1 aliphatic rings. The van der Waals surface area contributed by atoms with Crippen molar-refractivity contribution >= 4 is 5.97 Å². The first-order chi connectivity index (χ1) is 12.7. The Labute approximate surface area is 161 Å². The van der Waals surface area contributed by atoms with Crippen molar-refractivity contribution in [2.75, 3.05) is 13.4 Å². The van der Waals surface area contributed by atoms with Gasteiger partial charge in [0.25, 0.3) is 0 Å². The van der Waals surface area contributed by atoms with Crippen LogP contribution in [0.4, 0.5) is 0 Å². The van der Waals surface area contributed by atoms with E-state index in [9.17, 15) is 4.79 Å². The molecule has 4 heteroatoms. The highest BCUT2D eigenvalue weighted by molar-refractivity contribution is 5.66. The lowest BCUT2D eigenvalue weighted by Crippen LogP contribution is -2.34. The SMILES string of the molecule is CCCCCCCCC1OCOCC1CCCCCCCCCC(=O)O. The molecule has 1 rings (SSSR count). The van der Waals surface area contributed by atoms with Crippen LogP contribution in [0.1, 0.15) is 110 Å². The largest absolute Gasteiger partial charge is 0.481 e. The van der Waals surface area contributed by atoms with E-state index in [4.69, 9.17) is 14.6 Å². The molecular weight excluding hydrogens is 328 g/mol. The summed E-state index contributed by atoms with van der Waals surface area (Å²) in [5.41, 5.74) is 0. The number of hydrogen-bond acceptors (Lipinski definition) is 3. The molecule has 26 heavy (non-hydrogen) atoms. The quantitative estimate of drug-likeness (QED) is 0.304. The molecule has 1 aliphatic heterocycles. The van der Waals surface area contributed by atoms with E-state index >= 15 is 0 Å². The number of unbranched alkanes of at least 4 members (excludes halogenated alkanes) is 11. The van der Waals surface area contributed by atoms with Crippen molar-refractivity contribution in [3.63, 3.8) is 0 Å². The van der Waals surface area contributed by atoms with Gasteiger partial charge in [-0.15, -0.1) is 0 Å². The van der Waals surface area contributed by atoms with Crippen LogP contribution in [0.15, 0.2) is 0 Å². The summed E-state index contributed by atoms with van der Waals surface area (Å²) in [6, 6.07) is 0. The third-order valence-corrected chi connectivity index (χ3v) is 5.53. The molecule has 1 fully saturated rings. The van der Waals surface area contributed by atoms with Gasteiger partial charge in [-0.05, 0) is 19.3 Å². The summed E-state index contributed by atoms with van der Waals surface area (Å²) >= 11 is 0.